The Bertz CT molecular complexity index is 423. The van der Waals surface area contributed by atoms with Crippen LogP contribution in [0.15, 0.2) is 40.3 Å². The Morgan fingerprint density at radius 1 is 1.36 bits per heavy atom. The molecule has 2 N–H and O–H groups in total. The molecule has 0 fully saturated rings. The fraction of sp³-hybridized carbons (Fsp3) is 0.222. The van der Waals surface area contributed by atoms with Crippen LogP contribution in [-0.2, 0) is 9.84 Å². The molecule has 1 aromatic rings. The van der Waals surface area contributed by atoms with E-state index in [0.717, 1.165) is 0 Å². The summed E-state index contributed by atoms with van der Waals surface area (Å²) in [6, 6.07) is 8.24. The minimum absolute atomic E-state index is 0.131. The molecule has 0 unspecified atom stereocenters. The van der Waals surface area contributed by atoms with Crippen molar-refractivity contribution in [2.75, 3.05) is 5.75 Å². The third-order valence-electron chi connectivity index (χ3n) is 1.72. The van der Waals surface area contributed by atoms with Crippen molar-refractivity contribution in [1.82, 2.24) is 0 Å². The van der Waals surface area contributed by atoms with E-state index in [4.69, 9.17) is 5.84 Å². The SMILES string of the molecule is CC(CS(=O)(=O)c1ccccc1)=NN. The topological polar surface area (TPSA) is 72.5 Å². The summed E-state index contributed by atoms with van der Waals surface area (Å²) >= 11 is 0. The van der Waals surface area contributed by atoms with Crippen LogP contribution >= 0.6 is 0 Å². The molecular formula is C9H12N2O2S. The zero-order chi connectivity index (χ0) is 10.6. The minimum Gasteiger partial charge on any atom is -0.323 e. The summed E-state index contributed by atoms with van der Waals surface area (Å²) in [5, 5.41) is 3.34. The first-order valence-electron chi connectivity index (χ1n) is 4.07. The van der Waals surface area contributed by atoms with Crippen molar-refractivity contribution in [2.45, 2.75) is 11.8 Å². The molecule has 0 saturated carbocycles. The Hall–Kier alpha value is -1.36. The fourth-order valence-electron chi connectivity index (χ4n) is 1.02. The van der Waals surface area contributed by atoms with Gasteiger partial charge in [-0.25, -0.2) is 8.42 Å². The molecule has 1 rings (SSSR count). The lowest BCUT2D eigenvalue weighted by Crippen LogP contribution is -2.14. The summed E-state index contributed by atoms with van der Waals surface area (Å²) in [5.74, 6) is 4.85. The summed E-state index contributed by atoms with van der Waals surface area (Å²) < 4.78 is 23.3. The van der Waals surface area contributed by atoms with Gasteiger partial charge in [-0.1, -0.05) is 18.2 Å². The van der Waals surface area contributed by atoms with Crippen LogP contribution in [-0.4, -0.2) is 19.9 Å². The van der Waals surface area contributed by atoms with Gasteiger partial charge in [0.2, 0.25) is 0 Å². The minimum atomic E-state index is -3.28. The number of hydrogen-bond donors (Lipinski definition) is 1. The van der Waals surface area contributed by atoms with Gasteiger partial charge in [-0.3, -0.25) is 0 Å². The van der Waals surface area contributed by atoms with E-state index in [1.54, 1.807) is 37.3 Å². The van der Waals surface area contributed by atoms with Crippen LogP contribution in [0, 0.1) is 0 Å². The van der Waals surface area contributed by atoms with Crippen molar-refractivity contribution in [3.8, 4) is 0 Å². The first kappa shape index (κ1) is 10.7. The van der Waals surface area contributed by atoms with Gasteiger partial charge in [-0.15, -0.1) is 0 Å². The Morgan fingerprint density at radius 3 is 2.43 bits per heavy atom. The zero-order valence-electron chi connectivity index (χ0n) is 7.84. The first-order valence-corrected chi connectivity index (χ1v) is 5.72. The molecule has 0 aliphatic heterocycles. The molecule has 0 saturated heterocycles. The van der Waals surface area contributed by atoms with E-state index in [1.165, 1.54) is 0 Å². The lowest BCUT2D eigenvalue weighted by molar-refractivity contribution is 0.600. The molecule has 0 amide bonds. The smallest absolute Gasteiger partial charge is 0.183 e. The second-order valence-electron chi connectivity index (χ2n) is 2.94. The van der Waals surface area contributed by atoms with Crippen molar-refractivity contribution >= 4 is 15.5 Å². The van der Waals surface area contributed by atoms with Gasteiger partial charge in [-0.05, 0) is 19.1 Å². The Morgan fingerprint density at radius 2 is 1.93 bits per heavy atom. The Balaban J connectivity index is 2.99. The van der Waals surface area contributed by atoms with E-state index in [-0.39, 0.29) is 5.75 Å². The summed E-state index contributed by atoms with van der Waals surface area (Å²) in [4.78, 5) is 0.294. The van der Waals surface area contributed by atoms with Gasteiger partial charge in [-0.2, -0.15) is 5.10 Å². The number of benzene rings is 1. The van der Waals surface area contributed by atoms with E-state index in [2.05, 4.69) is 5.10 Å². The summed E-state index contributed by atoms with van der Waals surface area (Å²) in [5.41, 5.74) is 0.397. The number of nitrogens with zero attached hydrogens (tertiary/aromatic N) is 1. The maximum atomic E-state index is 11.7. The van der Waals surface area contributed by atoms with Gasteiger partial charge < -0.3 is 5.84 Å². The van der Waals surface area contributed by atoms with Gasteiger partial charge in [0.1, 0.15) is 0 Å². The highest BCUT2D eigenvalue weighted by molar-refractivity contribution is 7.92. The lowest BCUT2D eigenvalue weighted by Gasteiger charge is -2.02. The van der Waals surface area contributed by atoms with Crippen LogP contribution in [0.1, 0.15) is 6.92 Å². The van der Waals surface area contributed by atoms with Crippen LogP contribution < -0.4 is 5.84 Å². The predicted octanol–water partition coefficient (Wildman–Crippen LogP) is 0.795. The van der Waals surface area contributed by atoms with Gasteiger partial charge in [0.05, 0.1) is 10.6 Å². The normalized spacial score (nSPS) is 12.8. The highest BCUT2D eigenvalue weighted by Gasteiger charge is 2.14. The first-order chi connectivity index (χ1) is 6.56. The molecule has 0 radical (unpaired) electrons. The molecule has 4 nitrogen and oxygen atoms in total. The maximum Gasteiger partial charge on any atom is 0.183 e. The molecule has 0 aliphatic carbocycles. The van der Waals surface area contributed by atoms with Crippen molar-refractivity contribution in [3.63, 3.8) is 0 Å². The standard InChI is InChI=1S/C9H12N2O2S/c1-8(11-10)7-14(12,13)9-5-3-2-4-6-9/h2-6H,7,10H2,1H3. The van der Waals surface area contributed by atoms with Gasteiger partial charge in [0.15, 0.2) is 9.84 Å². The van der Waals surface area contributed by atoms with E-state index in [1.807, 2.05) is 0 Å². The number of hydrazone groups is 1. The van der Waals surface area contributed by atoms with E-state index < -0.39 is 9.84 Å². The molecule has 0 atom stereocenters. The molecule has 0 aliphatic rings. The molecule has 1 aromatic carbocycles. The van der Waals surface area contributed by atoms with E-state index in [9.17, 15) is 8.42 Å². The van der Waals surface area contributed by atoms with Gasteiger partial charge in [0, 0.05) is 5.71 Å². The predicted molar refractivity (Wildman–Crippen MR) is 55.8 cm³/mol. The molecule has 0 aromatic heterocycles. The Kier molecular flexibility index (Phi) is 3.24. The van der Waals surface area contributed by atoms with Crippen molar-refractivity contribution in [3.05, 3.63) is 30.3 Å². The number of rotatable bonds is 3. The molecule has 0 spiro atoms. The molecule has 14 heavy (non-hydrogen) atoms. The highest BCUT2D eigenvalue weighted by Crippen LogP contribution is 2.09. The van der Waals surface area contributed by atoms with Crippen molar-refractivity contribution in [2.24, 2.45) is 10.9 Å². The summed E-state index contributed by atoms with van der Waals surface area (Å²) in [6.45, 7) is 1.58. The van der Waals surface area contributed by atoms with Crippen LogP contribution in [0.2, 0.25) is 0 Å². The number of nitrogens with two attached hydrogens (primary N) is 1. The van der Waals surface area contributed by atoms with Crippen molar-refractivity contribution < 1.29 is 8.42 Å². The van der Waals surface area contributed by atoms with Gasteiger partial charge in [0.25, 0.3) is 0 Å². The van der Waals surface area contributed by atoms with Crippen LogP contribution in [0.4, 0.5) is 0 Å². The van der Waals surface area contributed by atoms with Gasteiger partial charge >= 0.3 is 0 Å². The number of sulfone groups is 1. The second kappa shape index (κ2) is 4.23. The van der Waals surface area contributed by atoms with Crippen molar-refractivity contribution in [1.29, 1.82) is 0 Å². The van der Waals surface area contributed by atoms with Crippen LogP contribution in [0.25, 0.3) is 0 Å². The average Bonchev–Trinajstić information content (AvgIpc) is 2.18. The van der Waals surface area contributed by atoms with E-state index in [0.29, 0.717) is 10.6 Å². The molecule has 0 heterocycles. The quantitative estimate of drug-likeness (QED) is 0.457. The molecule has 0 bridgehead atoms. The number of hydrogen-bond acceptors (Lipinski definition) is 4. The maximum absolute atomic E-state index is 11.7. The monoisotopic (exact) mass is 212 g/mol. The highest BCUT2D eigenvalue weighted by atomic mass is 32.2. The summed E-state index contributed by atoms with van der Waals surface area (Å²) in [7, 11) is -3.28. The van der Waals surface area contributed by atoms with E-state index >= 15 is 0 Å². The molecule has 5 heteroatoms. The third kappa shape index (κ3) is 2.56. The van der Waals surface area contributed by atoms with Crippen LogP contribution in [0.5, 0.6) is 0 Å². The fourth-order valence-corrected chi connectivity index (χ4v) is 2.39. The molecular weight excluding hydrogens is 200 g/mol. The second-order valence-corrected chi connectivity index (χ2v) is 4.93. The zero-order valence-corrected chi connectivity index (χ0v) is 8.66. The largest absolute Gasteiger partial charge is 0.323 e. The third-order valence-corrected chi connectivity index (χ3v) is 3.51. The lowest BCUT2D eigenvalue weighted by atomic mass is 10.4. The van der Waals surface area contributed by atoms with Crippen LogP contribution in [0.3, 0.4) is 0 Å². The summed E-state index contributed by atoms with van der Waals surface area (Å²) in [6.07, 6.45) is 0. The average molecular weight is 212 g/mol. The molecule has 76 valence electrons. The Labute approximate surface area is 83.4 Å².